The normalized spacial score (nSPS) is 20.2. The minimum absolute atomic E-state index is 0.0566. The largest absolute Gasteiger partial charge is 0.396 e. The number of hydrogen-bond acceptors (Lipinski definition) is 3. The highest BCUT2D eigenvalue weighted by Gasteiger charge is 2.25. The lowest BCUT2D eigenvalue weighted by Crippen LogP contribution is -2.45. The Kier molecular flexibility index (Phi) is 5.71. The van der Waals surface area contributed by atoms with E-state index in [4.69, 9.17) is 0 Å². The van der Waals surface area contributed by atoms with Crippen LogP contribution < -0.4 is 10.6 Å². The standard InChI is InChI=1S/C19H26N4O2/c1-14-10-20-23(11-14)12-15-6-8-17(9-7-15)21-19(25)22-18-5-3-2-4-16(18)13-24/h6-11,16,18,24H,2-5,12-13H2,1H3,(H2,21,22,25). The molecule has 0 radical (unpaired) electrons. The van der Waals surface area contributed by atoms with Gasteiger partial charge in [-0.15, -0.1) is 0 Å². The van der Waals surface area contributed by atoms with Gasteiger partial charge in [0, 0.05) is 30.5 Å². The molecule has 6 nitrogen and oxygen atoms in total. The van der Waals surface area contributed by atoms with E-state index in [9.17, 15) is 9.90 Å². The number of aliphatic hydroxyl groups excluding tert-OH is 1. The third-order valence-electron chi connectivity index (χ3n) is 4.78. The number of nitrogens with zero attached hydrogens (tertiary/aromatic N) is 2. The number of carbonyl (C=O) groups excluding carboxylic acids is 1. The Morgan fingerprint density at radius 2 is 2.04 bits per heavy atom. The number of hydrogen-bond donors (Lipinski definition) is 3. The molecule has 1 heterocycles. The molecule has 2 aromatic rings. The van der Waals surface area contributed by atoms with E-state index in [1.165, 1.54) is 0 Å². The van der Waals surface area contributed by atoms with Crippen LogP contribution in [0, 0.1) is 12.8 Å². The number of aryl methyl sites for hydroxylation is 1. The summed E-state index contributed by atoms with van der Waals surface area (Å²) in [6.45, 7) is 2.86. The molecule has 2 amide bonds. The number of aromatic nitrogens is 2. The summed E-state index contributed by atoms with van der Waals surface area (Å²) in [4.78, 5) is 12.2. The van der Waals surface area contributed by atoms with Crippen LogP contribution in [-0.2, 0) is 6.54 Å². The van der Waals surface area contributed by atoms with E-state index in [2.05, 4.69) is 15.7 Å². The molecule has 0 spiro atoms. The number of aliphatic hydroxyl groups is 1. The molecular weight excluding hydrogens is 316 g/mol. The Hall–Kier alpha value is -2.34. The fraction of sp³-hybridized carbons (Fsp3) is 0.474. The zero-order valence-corrected chi connectivity index (χ0v) is 14.6. The molecule has 1 aliphatic carbocycles. The predicted octanol–water partition coefficient (Wildman–Crippen LogP) is 2.91. The molecule has 3 N–H and O–H groups in total. The first-order chi connectivity index (χ1) is 12.1. The Morgan fingerprint density at radius 1 is 1.28 bits per heavy atom. The molecule has 25 heavy (non-hydrogen) atoms. The molecule has 1 aromatic heterocycles. The lowest BCUT2D eigenvalue weighted by atomic mass is 9.85. The fourth-order valence-corrected chi connectivity index (χ4v) is 3.39. The van der Waals surface area contributed by atoms with Crippen molar-refractivity contribution in [3.8, 4) is 0 Å². The number of amides is 2. The molecule has 0 bridgehead atoms. The van der Waals surface area contributed by atoms with E-state index >= 15 is 0 Å². The van der Waals surface area contributed by atoms with Crippen LogP contribution in [-0.4, -0.2) is 33.6 Å². The van der Waals surface area contributed by atoms with Crippen LogP contribution in [0.2, 0.25) is 0 Å². The number of nitrogens with one attached hydrogen (secondary N) is 2. The summed E-state index contributed by atoms with van der Waals surface area (Å²) in [6, 6.07) is 7.63. The van der Waals surface area contributed by atoms with Gasteiger partial charge >= 0.3 is 6.03 Å². The number of anilines is 1. The van der Waals surface area contributed by atoms with Crippen molar-refractivity contribution in [1.29, 1.82) is 0 Å². The number of carbonyl (C=O) groups is 1. The first-order valence-corrected chi connectivity index (χ1v) is 8.90. The molecule has 2 atom stereocenters. The van der Waals surface area contributed by atoms with E-state index in [-0.39, 0.29) is 24.6 Å². The van der Waals surface area contributed by atoms with E-state index in [1.54, 1.807) is 0 Å². The van der Waals surface area contributed by atoms with E-state index < -0.39 is 0 Å². The zero-order valence-electron chi connectivity index (χ0n) is 14.6. The van der Waals surface area contributed by atoms with Gasteiger partial charge in [0.15, 0.2) is 0 Å². The van der Waals surface area contributed by atoms with Gasteiger partial charge < -0.3 is 15.7 Å². The van der Waals surface area contributed by atoms with Gasteiger partial charge in [0.1, 0.15) is 0 Å². The number of benzene rings is 1. The van der Waals surface area contributed by atoms with Gasteiger partial charge in [-0.05, 0) is 43.0 Å². The maximum atomic E-state index is 12.2. The third kappa shape index (κ3) is 4.82. The maximum Gasteiger partial charge on any atom is 0.319 e. The molecule has 1 saturated carbocycles. The fourth-order valence-electron chi connectivity index (χ4n) is 3.39. The van der Waals surface area contributed by atoms with E-state index in [1.807, 2.05) is 48.3 Å². The molecule has 2 unspecified atom stereocenters. The summed E-state index contributed by atoms with van der Waals surface area (Å²) in [5.74, 6) is 0.166. The van der Waals surface area contributed by atoms with Crippen LogP contribution in [0.4, 0.5) is 10.5 Å². The van der Waals surface area contributed by atoms with Crippen LogP contribution in [0.25, 0.3) is 0 Å². The van der Waals surface area contributed by atoms with Gasteiger partial charge in [-0.25, -0.2) is 4.79 Å². The van der Waals surface area contributed by atoms with Crippen molar-refractivity contribution >= 4 is 11.7 Å². The molecule has 1 aromatic carbocycles. The van der Waals surface area contributed by atoms with Crippen molar-refractivity contribution in [2.24, 2.45) is 5.92 Å². The lowest BCUT2D eigenvalue weighted by Gasteiger charge is -2.30. The Morgan fingerprint density at radius 3 is 2.72 bits per heavy atom. The summed E-state index contributed by atoms with van der Waals surface area (Å²) < 4.78 is 1.89. The highest BCUT2D eigenvalue weighted by molar-refractivity contribution is 5.89. The van der Waals surface area contributed by atoms with Gasteiger partial charge in [-0.3, -0.25) is 4.68 Å². The minimum atomic E-state index is -0.208. The zero-order chi connectivity index (χ0) is 17.6. The van der Waals surface area contributed by atoms with Crippen molar-refractivity contribution in [1.82, 2.24) is 15.1 Å². The molecule has 1 aliphatic rings. The van der Waals surface area contributed by atoms with Crippen LogP contribution in [0.3, 0.4) is 0 Å². The molecular formula is C19H26N4O2. The Labute approximate surface area is 148 Å². The van der Waals surface area contributed by atoms with Crippen LogP contribution in [0.1, 0.15) is 36.8 Å². The molecule has 0 saturated heterocycles. The SMILES string of the molecule is Cc1cnn(Cc2ccc(NC(=O)NC3CCCCC3CO)cc2)c1. The monoisotopic (exact) mass is 342 g/mol. The first kappa shape index (κ1) is 17.5. The third-order valence-corrected chi connectivity index (χ3v) is 4.78. The second-order valence-corrected chi connectivity index (χ2v) is 6.84. The summed E-state index contributed by atoms with van der Waals surface area (Å²) >= 11 is 0. The summed E-state index contributed by atoms with van der Waals surface area (Å²) in [5, 5.41) is 19.6. The predicted molar refractivity (Wildman–Crippen MR) is 97.5 cm³/mol. The first-order valence-electron chi connectivity index (χ1n) is 8.90. The molecule has 3 rings (SSSR count). The molecule has 6 heteroatoms. The van der Waals surface area contributed by atoms with Gasteiger partial charge in [0.25, 0.3) is 0 Å². The summed E-state index contributed by atoms with van der Waals surface area (Å²) in [6.07, 6.45) is 7.97. The second kappa shape index (κ2) is 8.16. The van der Waals surface area contributed by atoms with Crippen LogP contribution in [0.5, 0.6) is 0 Å². The van der Waals surface area contributed by atoms with Crippen molar-refractivity contribution in [3.05, 3.63) is 47.8 Å². The average Bonchev–Trinajstić information content (AvgIpc) is 3.02. The van der Waals surface area contributed by atoms with Crippen molar-refractivity contribution in [2.75, 3.05) is 11.9 Å². The van der Waals surface area contributed by atoms with Crippen molar-refractivity contribution < 1.29 is 9.90 Å². The topological polar surface area (TPSA) is 79.2 Å². The van der Waals surface area contributed by atoms with Gasteiger partial charge in [0.05, 0.1) is 12.7 Å². The molecule has 1 fully saturated rings. The number of urea groups is 1. The van der Waals surface area contributed by atoms with Gasteiger partial charge in [-0.1, -0.05) is 25.0 Å². The quantitative estimate of drug-likeness (QED) is 0.782. The van der Waals surface area contributed by atoms with E-state index in [0.29, 0.717) is 6.54 Å². The molecule has 134 valence electrons. The highest BCUT2D eigenvalue weighted by Crippen LogP contribution is 2.24. The lowest BCUT2D eigenvalue weighted by molar-refractivity contribution is 0.156. The van der Waals surface area contributed by atoms with Crippen LogP contribution >= 0.6 is 0 Å². The van der Waals surface area contributed by atoms with Crippen molar-refractivity contribution in [3.63, 3.8) is 0 Å². The highest BCUT2D eigenvalue weighted by atomic mass is 16.3. The van der Waals surface area contributed by atoms with Gasteiger partial charge in [0.2, 0.25) is 0 Å². The molecule has 0 aliphatic heterocycles. The second-order valence-electron chi connectivity index (χ2n) is 6.84. The smallest absolute Gasteiger partial charge is 0.319 e. The average molecular weight is 342 g/mol. The van der Waals surface area contributed by atoms with E-state index in [0.717, 1.165) is 42.5 Å². The summed E-state index contributed by atoms with van der Waals surface area (Å²) in [5.41, 5.74) is 3.02. The Bertz CT molecular complexity index is 696. The minimum Gasteiger partial charge on any atom is -0.396 e. The summed E-state index contributed by atoms with van der Waals surface area (Å²) in [7, 11) is 0. The van der Waals surface area contributed by atoms with Crippen LogP contribution in [0.15, 0.2) is 36.7 Å². The maximum absolute atomic E-state index is 12.2. The van der Waals surface area contributed by atoms with Gasteiger partial charge in [-0.2, -0.15) is 5.10 Å². The Balaban J connectivity index is 1.53. The number of rotatable bonds is 5. The van der Waals surface area contributed by atoms with Crippen molar-refractivity contribution in [2.45, 2.75) is 45.2 Å².